The quantitative estimate of drug-likeness (QED) is 0.559. The Morgan fingerprint density at radius 3 is 2.71 bits per heavy atom. The van der Waals surface area contributed by atoms with Gasteiger partial charge in [0.25, 0.3) is 0 Å². The van der Waals surface area contributed by atoms with Crippen molar-refractivity contribution < 1.29 is 21.7 Å². The Kier molecular flexibility index (Phi) is 10.7. The van der Waals surface area contributed by atoms with Gasteiger partial charge in [0, 0.05) is 5.75 Å². The van der Waals surface area contributed by atoms with Gasteiger partial charge in [0.1, 0.15) is 0 Å². The molecule has 1 rings (SSSR count). The van der Waals surface area contributed by atoms with E-state index in [9.17, 15) is 0 Å². The van der Waals surface area contributed by atoms with E-state index >= 15 is 0 Å². The first kappa shape index (κ1) is 17.0. The summed E-state index contributed by atoms with van der Waals surface area (Å²) in [4.78, 5) is 0. The van der Waals surface area contributed by atoms with E-state index in [1.807, 2.05) is 13.0 Å². The average Bonchev–Trinajstić information content (AvgIpc) is 2.09. The van der Waals surface area contributed by atoms with Gasteiger partial charge >= 0.3 is 23.1 Å². The Bertz CT molecular complexity index is 258. The van der Waals surface area contributed by atoms with Crippen LogP contribution in [0.2, 0.25) is 5.02 Å². The minimum atomic E-state index is 0. The van der Waals surface area contributed by atoms with Gasteiger partial charge in [-0.25, -0.2) is 0 Å². The second kappa shape index (κ2) is 8.83. The number of halogens is 2. The van der Waals surface area contributed by atoms with E-state index in [0.717, 1.165) is 12.2 Å². The summed E-state index contributed by atoms with van der Waals surface area (Å²) in [7, 11) is 0. The molecule has 0 radical (unpaired) electrons. The van der Waals surface area contributed by atoms with Crippen molar-refractivity contribution in [3.05, 3.63) is 29.3 Å². The van der Waals surface area contributed by atoms with E-state index in [4.69, 9.17) is 16.3 Å². The third-order valence-corrected chi connectivity index (χ3v) is 1.97. The van der Waals surface area contributed by atoms with Crippen LogP contribution < -0.4 is 21.7 Å². The summed E-state index contributed by atoms with van der Waals surface area (Å²) < 4.78 is 5.54. The molecule has 0 aliphatic carbocycles. The number of hydrogen-bond donors (Lipinski definition) is 0. The molecule has 0 aromatic heterocycles. The van der Waals surface area contributed by atoms with Crippen molar-refractivity contribution in [2.75, 3.05) is 0 Å². The van der Waals surface area contributed by atoms with Gasteiger partial charge in [0.15, 0.2) is 0 Å². The van der Waals surface area contributed by atoms with Crippen LogP contribution in [0.1, 0.15) is 20.3 Å². The van der Waals surface area contributed by atoms with Gasteiger partial charge in [-0.1, -0.05) is 6.92 Å². The predicted octanol–water partition coefficient (Wildman–Crippen LogP) is -0.0593. The van der Waals surface area contributed by atoms with E-state index in [1.54, 1.807) is 12.1 Å². The molecule has 1 unspecified atom stereocenters. The maximum absolute atomic E-state index is 5.87. The van der Waals surface area contributed by atoms with Gasteiger partial charge in [0.05, 0.1) is 6.10 Å². The molecule has 1 nitrogen and oxygen atoms in total. The SMILES string of the molecule is CCC(C)Oc1cc[c-]cc1Cl.[Br-].[Mg+2]. The van der Waals surface area contributed by atoms with E-state index in [-0.39, 0.29) is 46.1 Å². The van der Waals surface area contributed by atoms with Gasteiger partial charge in [0.2, 0.25) is 0 Å². The van der Waals surface area contributed by atoms with Gasteiger partial charge < -0.3 is 21.7 Å². The van der Waals surface area contributed by atoms with Crippen molar-refractivity contribution in [1.29, 1.82) is 0 Å². The molecule has 1 aromatic carbocycles. The fourth-order valence-corrected chi connectivity index (χ4v) is 0.962. The minimum Gasteiger partial charge on any atom is -1.00 e. The number of hydrogen-bond acceptors (Lipinski definition) is 1. The zero-order valence-electron chi connectivity index (χ0n) is 8.39. The first-order valence-corrected chi connectivity index (χ1v) is 4.44. The molecule has 0 N–H and O–H groups in total. The maximum atomic E-state index is 5.87. The third-order valence-electron chi connectivity index (χ3n) is 1.68. The van der Waals surface area contributed by atoms with Gasteiger partial charge in [-0.15, -0.1) is 6.07 Å². The first-order chi connectivity index (χ1) is 5.74. The topological polar surface area (TPSA) is 9.23 Å². The maximum Gasteiger partial charge on any atom is 2.00 e. The number of benzene rings is 1. The van der Waals surface area contributed by atoms with Crippen LogP contribution in [0.25, 0.3) is 0 Å². The second-order valence-corrected chi connectivity index (χ2v) is 3.10. The summed E-state index contributed by atoms with van der Waals surface area (Å²) in [5, 5.41) is 0.623. The monoisotopic (exact) mass is 286 g/mol. The van der Waals surface area contributed by atoms with E-state index in [1.165, 1.54) is 0 Å². The first-order valence-electron chi connectivity index (χ1n) is 4.06. The molecule has 14 heavy (non-hydrogen) atoms. The molecule has 0 saturated heterocycles. The normalized spacial score (nSPS) is 10.8. The third kappa shape index (κ3) is 5.44. The van der Waals surface area contributed by atoms with Gasteiger partial charge in [-0.2, -0.15) is 29.8 Å². The number of ether oxygens (including phenoxy) is 1. The Morgan fingerprint density at radius 2 is 2.21 bits per heavy atom. The van der Waals surface area contributed by atoms with Gasteiger partial charge in [-0.05, 0) is 18.4 Å². The van der Waals surface area contributed by atoms with Crippen molar-refractivity contribution in [2.24, 2.45) is 0 Å². The smallest absolute Gasteiger partial charge is 1.00 e. The predicted molar refractivity (Wildman–Crippen MR) is 56.4 cm³/mol. The summed E-state index contributed by atoms with van der Waals surface area (Å²) in [6, 6.07) is 8.21. The molecule has 4 heteroatoms. The standard InChI is InChI=1S/C10H12ClO.BrH.Mg/c1-3-8(2)12-10-7-5-4-6-9(10)11;;/h5-8H,3H2,1-2H3;1H;/q-1;;+2/p-1. The molecule has 0 aliphatic heterocycles. The fourth-order valence-electron chi connectivity index (χ4n) is 0.791. The molecule has 74 valence electrons. The zero-order chi connectivity index (χ0) is 8.97. The minimum absolute atomic E-state index is 0. The van der Waals surface area contributed by atoms with Crippen molar-refractivity contribution >= 4 is 34.7 Å². The second-order valence-electron chi connectivity index (χ2n) is 2.69. The summed E-state index contributed by atoms with van der Waals surface area (Å²) in [5.41, 5.74) is 0. The Hall–Kier alpha value is 0.556. The molecular weight excluding hydrogens is 276 g/mol. The molecule has 1 aromatic rings. The molecular formula is C10H12BrClMgO. The molecule has 0 spiro atoms. The molecule has 0 aliphatic rings. The van der Waals surface area contributed by atoms with Crippen molar-refractivity contribution in [1.82, 2.24) is 0 Å². The van der Waals surface area contributed by atoms with Crippen molar-refractivity contribution in [3.8, 4) is 5.75 Å². The molecule has 1 atom stereocenters. The Labute approximate surface area is 117 Å². The van der Waals surface area contributed by atoms with Crippen LogP contribution >= 0.6 is 11.6 Å². The van der Waals surface area contributed by atoms with Crippen LogP contribution in [0, 0.1) is 6.07 Å². The Balaban J connectivity index is 0. The Morgan fingerprint density at radius 1 is 1.57 bits per heavy atom. The summed E-state index contributed by atoms with van der Waals surface area (Å²) in [6.45, 7) is 4.10. The van der Waals surface area contributed by atoms with Crippen LogP contribution in [0.5, 0.6) is 5.75 Å². The zero-order valence-corrected chi connectivity index (χ0v) is 12.1. The largest absolute Gasteiger partial charge is 2.00 e. The van der Waals surface area contributed by atoms with Gasteiger partial charge in [-0.3, -0.25) is 0 Å². The van der Waals surface area contributed by atoms with E-state index in [0.29, 0.717) is 5.02 Å². The molecule has 0 amide bonds. The van der Waals surface area contributed by atoms with E-state index in [2.05, 4.69) is 13.0 Å². The molecule has 0 heterocycles. The summed E-state index contributed by atoms with van der Waals surface area (Å²) in [5.74, 6) is 0.741. The van der Waals surface area contributed by atoms with Crippen molar-refractivity contribution in [2.45, 2.75) is 26.4 Å². The molecule has 0 bridgehead atoms. The van der Waals surface area contributed by atoms with Crippen LogP contribution in [-0.4, -0.2) is 29.2 Å². The molecule has 0 saturated carbocycles. The fraction of sp³-hybridized carbons (Fsp3) is 0.400. The number of rotatable bonds is 3. The summed E-state index contributed by atoms with van der Waals surface area (Å²) >= 11 is 5.87. The molecule has 0 fully saturated rings. The van der Waals surface area contributed by atoms with Crippen LogP contribution in [0.4, 0.5) is 0 Å². The van der Waals surface area contributed by atoms with Crippen molar-refractivity contribution in [3.63, 3.8) is 0 Å². The van der Waals surface area contributed by atoms with Crippen LogP contribution in [0.3, 0.4) is 0 Å². The average molecular weight is 288 g/mol. The summed E-state index contributed by atoms with van der Waals surface area (Å²) in [6.07, 6.45) is 1.19. The van der Waals surface area contributed by atoms with Crippen LogP contribution in [0.15, 0.2) is 18.2 Å². The van der Waals surface area contributed by atoms with E-state index < -0.39 is 0 Å². The van der Waals surface area contributed by atoms with Crippen LogP contribution in [-0.2, 0) is 0 Å².